The minimum atomic E-state index is -0.634. The van der Waals surface area contributed by atoms with Crippen LogP contribution in [-0.2, 0) is 6.54 Å². The highest BCUT2D eigenvalue weighted by Gasteiger charge is 2.18. The first-order valence-electron chi connectivity index (χ1n) is 9.01. The minimum absolute atomic E-state index is 0.217. The molecule has 26 heavy (non-hydrogen) atoms. The molecule has 4 nitrogen and oxygen atoms in total. The molecule has 0 bridgehead atoms. The summed E-state index contributed by atoms with van der Waals surface area (Å²) in [6.07, 6.45) is 0.366. The van der Waals surface area contributed by atoms with Crippen molar-refractivity contribution in [3.8, 4) is 5.75 Å². The van der Waals surface area contributed by atoms with E-state index in [-0.39, 0.29) is 6.61 Å². The summed E-state index contributed by atoms with van der Waals surface area (Å²) in [5.74, 6) is 2.08. The number of aromatic nitrogens is 2. The van der Waals surface area contributed by atoms with E-state index >= 15 is 0 Å². The standard InChI is InChI=1S/C21H25ClN2O2/c1-4-14(2)21-23-18-7-5-6-8-19(18)24(21)12-17(25)13-26-20-10-9-16(22)11-15(20)3/h5-11,14,17,25H,4,12-13H2,1-3H3. The second-order valence-corrected chi connectivity index (χ2v) is 7.19. The number of hydrogen-bond donors (Lipinski definition) is 1. The fourth-order valence-corrected chi connectivity index (χ4v) is 3.30. The summed E-state index contributed by atoms with van der Waals surface area (Å²) in [6, 6.07) is 13.5. The Morgan fingerprint density at radius 2 is 2.00 bits per heavy atom. The fraction of sp³-hybridized carbons (Fsp3) is 0.381. The van der Waals surface area contributed by atoms with E-state index < -0.39 is 6.10 Å². The van der Waals surface area contributed by atoms with Crippen LogP contribution in [0.4, 0.5) is 0 Å². The Bertz CT molecular complexity index is 891. The molecule has 0 spiro atoms. The highest BCUT2D eigenvalue weighted by molar-refractivity contribution is 6.30. The number of hydrogen-bond acceptors (Lipinski definition) is 3. The maximum absolute atomic E-state index is 10.6. The normalized spacial score (nSPS) is 13.7. The van der Waals surface area contributed by atoms with Gasteiger partial charge in [0.25, 0.3) is 0 Å². The van der Waals surface area contributed by atoms with Crippen LogP contribution >= 0.6 is 11.6 Å². The molecule has 0 aliphatic rings. The maximum atomic E-state index is 10.6. The number of aliphatic hydroxyl groups excluding tert-OH is 1. The Kier molecular flexibility index (Phi) is 5.84. The van der Waals surface area contributed by atoms with Crippen molar-refractivity contribution in [2.45, 2.75) is 45.8 Å². The molecule has 0 saturated carbocycles. The van der Waals surface area contributed by atoms with Gasteiger partial charge >= 0.3 is 0 Å². The third kappa shape index (κ3) is 4.02. The summed E-state index contributed by atoms with van der Waals surface area (Å²) < 4.78 is 7.92. The molecule has 2 atom stereocenters. The van der Waals surface area contributed by atoms with Gasteiger partial charge in [0, 0.05) is 10.9 Å². The number of ether oxygens (including phenoxy) is 1. The third-order valence-corrected chi connectivity index (χ3v) is 4.93. The lowest BCUT2D eigenvalue weighted by Crippen LogP contribution is -2.25. The number of aryl methyl sites for hydroxylation is 1. The number of imidazole rings is 1. The van der Waals surface area contributed by atoms with Crippen molar-refractivity contribution in [3.05, 3.63) is 58.9 Å². The second kappa shape index (κ2) is 8.11. The Labute approximate surface area is 159 Å². The molecule has 1 N–H and O–H groups in total. The highest BCUT2D eigenvalue weighted by Crippen LogP contribution is 2.25. The zero-order valence-corrected chi connectivity index (χ0v) is 16.2. The van der Waals surface area contributed by atoms with Gasteiger partial charge in [-0.05, 0) is 49.2 Å². The van der Waals surface area contributed by atoms with Crippen molar-refractivity contribution in [2.24, 2.45) is 0 Å². The van der Waals surface area contributed by atoms with Gasteiger partial charge in [-0.15, -0.1) is 0 Å². The number of para-hydroxylation sites is 2. The third-order valence-electron chi connectivity index (χ3n) is 4.70. The van der Waals surface area contributed by atoms with E-state index in [0.29, 0.717) is 17.5 Å². The largest absolute Gasteiger partial charge is 0.491 e. The van der Waals surface area contributed by atoms with Crippen molar-refractivity contribution in [1.82, 2.24) is 9.55 Å². The maximum Gasteiger partial charge on any atom is 0.122 e. The Morgan fingerprint density at radius 3 is 2.73 bits per heavy atom. The van der Waals surface area contributed by atoms with Gasteiger partial charge in [0.1, 0.15) is 24.3 Å². The van der Waals surface area contributed by atoms with Gasteiger partial charge in [-0.1, -0.05) is 37.6 Å². The van der Waals surface area contributed by atoms with E-state index in [1.165, 1.54) is 0 Å². The van der Waals surface area contributed by atoms with Gasteiger partial charge in [0.05, 0.1) is 17.6 Å². The van der Waals surface area contributed by atoms with Crippen LogP contribution in [0.5, 0.6) is 5.75 Å². The summed E-state index contributed by atoms with van der Waals surface area (Å²) in [6.45, 7) is 6.93. The Hall–Kier alpha value is -2.04. The molecular weight excluding hydrogens is 348 g/mol. The first kappa shape index (κ1) is 18.7. The van der Waals surface area contributed by atoms with E-state index in [1.54, 1.807) is 6.07 Å². The molecule has 0 fully saturated rings. The number of fused-ring (bicyclic) bond motifs is 1. The average Bonchev–Trinajstić information content (AvgIpc) is 2.99. The molecule has 0 aliphatic heterocycles. The van der Waals surface area contributed by atoms with E-state index in [9.17, 15) is 5.11 Å². The van der Waals surface area contributed by atoms with Crippen LogP contribution in [0.1, 0.15) is 37.6 Å². The average molecular weight is 373 g/mol. The fourth-order valence-electron chi connectivity index (χ4n) is 3.07. The lowest BCUT2D eigenvalue weighted by Gasteiger charge is -2.18. The quantitative estimate of drug-likeness (QED) is 0.638. The Balaban J connectivity index is 1.77. The summed E-state index contributed by atoms with van der Waals surface area (Å²) in [7, 11) is 0. The van der Waals surface area contributed by atoms with Crippen LogP contribution in [0.2, 0.25) is 5.02 Å². The van der Waals surface area contributed by atoms with Gasteiger partial charge in [-0.3, -0.25) is 0 Å². The summed E-state index contributed by atoms with van der Waals surface area (Å²) in [5, 5.41) is 11.2. The van der Waals surface area contributed by atoms with Gasteiger partial charge in [0.2, 0.25) is 0 Å². The van der Waals surface area contributed by atoms with Gasteiger partial charge in [0.15, 0.2) is 0 Å². The van der Waals surface area contributed by atoms with Crippen LogP contribution in [0.25, 0.3) is 11.0 Å². The zero-order valence-electron chi connectivity index (χ0n) is 15.4. The van der Waals surface area contributed by atoms with Gasteiger partial charge < -0.3 is 14.4 Å². The van der Waals surface area contributed by atoms with Crippen molar-refractivity contribution in [3.63, 3.8) is 0 Å². The molecule has 138 valence electrons. The zero-order chi connectivity index (χ0) is 18.7. The van der Waals surface area contributed by atoms with Crippen LogP contribution in [0.3, 0.4) is 0 Å². The predicted octanol–water partition coefficient (Wildman–Crippen LogP) is 4.95. The smallest absolute Gasteiger partial charge is 0.122 e. The SMILES string of the molecule is CCC(C)c1nc2ccccc2n1CC(O)COc1ccc(Cl)cc1C. The van der Waals surface area contributed by atoms with E-state index in [2.05, 4.69) is 18.4 Å². The minimum Gasteiger partial charge on any atom is -0.491 e. The van der Waals surface area contributed by atoms with Crippen molar-refractivity contribution < 1.29 is 9.84 Å². The van der Waals surface area contributed by atoms with Crippen LogP contribution in [0, 0.1) is 6.92 Å². The van der Waals surface area contributed by atoms with Crippen LogP contribution in [0.15, 0.2) is 42.5 Å². The topological polar surface area (TPSA) is 47.3 Å². The molecule has 1 heterocycles. The molecule has 0 radical (unpaired) electrons. The molecule has 2 aromatic carbocycles. The summed E-state index contributed by atoms with van der Waals surface area (Å²) in [5.41, 5.74) is 2.96. The monoisotopic (exact) mass is 372 g/mol. The van der Waals surface area contributed by atoms with E-state index in [1.807, 2.05) is 43.3 Å². The molecule has 1 aromatic heterocycles. The van der Waals surface area contributed by atoms with Gasteiger partial charge in [-0.25, -0.2) is 4.98 Å². The number of aliphatic hydroxyl groups is 1. The van der Waals surface area contributed by atoms with Crippen molar-refractivity contribution in [2.75, 3.05) is 6.61 Å². The number of nitrogens with zero attached hydrogens (tertiary/aromatic N) is 2. The summed E-state index contributed by atoms with van der Waals surface area (Å²) in [4.78, 5) is 4.77. The summed E-state index contributed by atoms with van der Waals surface area (Å²) >= 11 is 5.98. The second-order valence-electron chi connectivity index (χ2n) is 6.75. The molecular formula is C21H25ClN2O2. The molecule has 0 amide bonds. The highest BCUT2D eigenvalue weighted by atomic mass is 35.5. The molecule has 0 aliphatic carbocycles. The molecule has 5 heteroatoms. The number of halogens is 1. The number of rotatable bonds is 7. The Morgan fingerprint density at radius 1 is 1.23 bits per heavy atom. The van der Waals surface area contributed by atoms with Crippen LogP contribution < -0.4 is 4.74 Å². The predicted molar refractivity (Wildman–Crippen MR) is 106 cm³/mol. The van der Waals surface area contributed by atoms with Crippen LogP contribution in [-0.4, -0.2) is 27.4 Å². The lowest BCUT2D eigenvalue weighted by atomic mass is 10.1. The van der Waals surface area contributed by atoms with Crippen molar-refractivity contribution >= 4 is 22.6 Å². The lowest BCUT2D eigenvalue weighted by molar-refractivity contribution is 0.0921. The molecule has 0 saturated heterocycles. The van der Waals surface area contributed by atoms with E-state index in [0.717, 1.165) is 34.6 Å². The molecule has 3 aromatic rings. The van der Waals surface area contributed by atoms with E-state index in [4.69, 9.17) is 21.3 Å². The first-order valence-corrected chi connectivity index (χ1v) is 9.39. The molecule has 3 rings (SSSR count). The molecule has 2 unspecified atom stereocenters. The number of benzene rings is 2. The first-order chi connectivity index (χ1) is 12.5. The van der Waals surface area contributed by atoms with Gasteiger partial charge in [-0.2, -0.15) is 0 Å². The van der Waals surface area contributed by atoms with Crippen molar-refractivity contribution in [1.29, 1.82) is 0 Å².